The summed E-state index contributed by atoms with van der Waals surface area (Å²) < 4.78 is 18.1. The van der Waals surface area contributed by atoms with Crippen molar-refractivity contribution < 1.29 is 9.13 Å². The zero-order valence-corrected chi connectivity index (χ0v) is 9.62. The Kier molecular flexibility index (Phi) is 3.86. The zero-order chi connectivity index (χ0) is 12.2. The van der Waals surface area contributed by atoms with Gasteiger partial charge >= 0.3 is 0 Å². The summed E-state index contributed by atoms with van der Waals surface area (Å²) in [7, 11) is 1.54. The highest BCUT2D eigenvalue weighted by Gasteiger charge is 2.31. The van der Waals surface area contributed by atoms with Crippen molar-refractivity contribution >= 4 is 5.69 Å². The summed E-state index contributed by atoms with van der Waals surface area (Å²) in [5.74, 6) is -0.338. The molecule has 2 atom stereocenters. The predicted molar refractivity (Wildman–Crippen MR) is 60.5 cm³/mol. The first-order valence-corrected chi connectivity index (χ1v) is 4.99. The maximum absolute atomic E-state index is 13.0. The fourth-order valence-electron chi connectivity index (χ4n) is 1.32. The summed E-state index contributed by atoms with van der Waals surface area (Å²) >= 11 is 0. The number of nitriles is 1. The van der Waals surface area contributed by atoms with Crippen molar-refractivity contribution in [1.82, 2.24) is 0 Å². The second-order valence-corrected chi connectivity index (χ2v) is 3.83. The van der Waals surface area contributed by atoms with Crippen LogP contribution in [-0.2, 0) is 4.74 Å². The average Bonchev–Trinajstić information content (AvgIpc) is 2.27. The van der Waals surface area contributed by atoms with Gasteiger partial charge in [0.05, 0.1) is 12.2 Å². The average molecular weight is 222 g/mol. The number of rotatable bonds is 4. The van der Waals surface area contributed by atoms with Gasteiger partial charge < -0.3 is 10.1 Å². The number of benzene rings is 1. The van der Waals surface area contributed by atoms with Crippen molar-refractivity contribution in [2.24, 2.45) is 0 Å². The third-order valence-electron chi connectivity index (χ3n) is 2.63. The molecule has 86 valence electrons. The summed E-state index contributed by atoms with van der Waals surface area (Å²) in [5.41, 5.74) is -0.323. The number of methoxy groups -OCH3 is 1. The third-order valence-corrected chi connectivity index (χ3v) is 2.63. The van der Waals surface area contributed by atoms with Gasteiger partial charge in [-0.3, -0.25) is 0 Å². The van der Waals surface area contributed by atoms with Crippen molar-refractivity contribution in [2.75, 3.05) is 12.4 Å². The number of hydrogen-bond donors (Lipinski definition) is 1. The molecule has 0 radical (unpaired) electrons. The summed E-state index contributed by atoms with van der Waals surface area (Å²) in [4.78, 5) is 0. The van der Waals surface area contributed by atoms with Crippen LogP contribution >= 0.6 is 0 Å². The number of nitrogens with zero attached hydrogens (tertiary/aromatic N) is 1. The Balaban J connectivity index is 2.90. The Labute approximate surface area is 94.8 Å². The highest BCUT2D eigenvalue weighted by molar-refractivity contribution is 5.48. The van der Waals surface area contributed by atoms with E-state index >= 15 is 0 Å². The quantitative estimate of drug-likeness (QED) is 0.851. The molecular formula is C12H15FN2O. The first kappa shape index (κ1) is 12.5. The Bertz CT molecular complexity index is 402. The maximum Gasteiger partial charge on any atom is 0.148 e. The van der Waals surface area contributed by atoms with E-state index in [0.717, 1.165) is 0 Å². The van der Waals surface area contributed by atoms with Crippen LogP contribution in [0.5, 0.6) is 0 Å². The van der Waals surface area contributed by atoms with E-state index in [0.29, 0.717) is 5.69 Å². The molecule has 0 aliphatic carbocycles. The maximum atomic E-state index is 13.0. The van der Waals surface area contributed by atoms with Crippen molar-refractivity contribution in [3.63, 3.8) is 0 Å². The van der Waals surface area contributed by atoms with Gasteiger partial charge in [0.15, 0.2) is 0 Å². The fraction of sp³-hybridized carbons (Fsp3) is 0.417. The molecule has 0 fully saturated rings. The van der Waals surface area contributed by atoms with Crippen molar-refractivity contribution in [3.8, 4) is 6.07 Å². The highest BCUT2D eigenvalue weighted by Crippen LogP contribution is 2.20. The number of hydrogen-bond acceptors (Lipinski definition) is 3. The van der Waals surface area contributed by atoms with Crippen LogP contribution in [0.1, 0.15) is 13.8 Å². The van der Waals surface area contributed by atoms with E-state index in [1.807, 2.05) is 0 Å². The molecule has 0 saturated carbocycles. The van der Waals surface area contributed by atoms with Crippen LogP contribution in [0.25, 0.3) is 0 Å². The smallest absolute Gasteiger partial charge is 0.148 e. The minimum absolute atomic E-state index is 0.305. The van der Waals surface area contributed by atoms with E-state index in [4.69, 9.17) is 10.00 Å². The largest absolute Gasteiger partial charge is 0.378 e. The monoisotopic (exact) mass is 222 g/mol. The van der Waals surface area contributed by atoms with E-state index in [2.05, 4.69) is 11.4 Å². The van der Waals surface area contributed by atoms with E-state index in [1.54, 1.807) is 26.0 Å². The third kappa shape index (κ3) is 2.71. The van der Waals surface area contributed by atoms with E-state index in [9.17, 15) is 4.39 Å². The Hall–Kier alpha value is -1.60. The number of anilines is 1. The van der Waals surface area contributed by atoms with E-state index in [-0.39, 0.29) is 11.9 Å². The highest BCUT2D eigenvalue weighted by atomic mass is 19.1. The van der Waals surface area contributed by atoms with E-state index < -0.39 is 5.54 Å². The second-order valence-electron chi connectivity index (χ2n) is 3.83. The molecule has 16 heavy (non-hydrogen) atoms. The Morgan fingerprint density at radius 3 is 2.75 bits per heavy atom. The van der Waals surface area contributed by atoms with Gasteiger partial charge in [0.2, 0.25) is 0 Å². The Morgan fingerprint density at radius 1 is 1.56 bits per heavy atom. The van der Waals surface area contributed by atoms with Crippen LogP contribution in [0.4, 0.5) is 10.1 Å². The summed E-state index contributed by atoms with van der Waals surface area (Å²) in [6, 6.07) is 8.14. The first-order valence-electron chi connectivity index (χ1n) is 4.99. The molecule has 0 spiro atoms. The molecule has 0 aromatic heterocycles. The SMILES string of the molecule is COC(C)C(C)(C#N)Nc1cccc(F)c1. The lowest BCUT2D eigenvalue weighted by molar-refractivity contribution is 0.0853. The lowest BCUT2D eigenvalue weighted by Crippen LogP contribution is -2.44. The second kappa shape index (κ2) is 4.95. The minimum Gasteiger partial charge on any atom is -0.378 e. The summed E-state index contributed by atoms with van der Waals surface area (Å²) in [5, 5.41) is 12.1. The van der Waals surface area contributed by atoms with Crippen LogP contribution in [-0.4, -0.2) is 18.8 Å². The van der Waals surface area contributed by atoms with Crippen LogP contribution in [0.2, 0.25) is 0 Å². The number of nitrogens with one attached hydrogen (secondary N) is 1. The molecule has 0 aliphatic heterocycles. The molecular weight excluding hydrogens is 207 g/mol. The molecule has 1 N–H and O–H groups in total. The number of ether oxygens (including phenoxy) is 1. The number of halogens is 1. The predicted octanol–water partition coefficient (Wildman–Crippen LogP) is 2.55. The molecule has 1 rings (SSSR count). The normalized spacial score (nSPS) is 15.9. The van der Waals surface area contributed by atoms with Gasteiger partial charge in [-0.1, -0.05) is 6.07 Å². The first-order chi connectivity index (χ1) is 7.51. The van der Waals surface area contributed by atoms with Crippen LogP contribution in [0.3, 0.4) is 0 Å². The molecule has 4 heteroatoms. The molecule has 0 amide bonds. The van der Waals surface area contributed by atoms with Crippen LogP contribution in [0, 0.1) is 17.1 Å². The lowest BCUT2D eigenvalue weighted by Gasteiger charge is -2.29. The van der Waals surface area contributed by atoms with Gasteiger partial charge in [-0.05, 0) is 32.0 Å². The van der Waals surface area contributed by atoms with Gasteiger partial charge in [-0.2, -0.15) is 5.26 Å². The Morgan fingerprint density at radius 2 is 2.25 bits per heavy atom. The van der Waals surface area contributed by atoms with Gasteiger partial charge in [-0.15, -0.1) is 0 Å². The summed E-state index contributed by atoms with van der Waals surface area (Å²) in [6.45, 7) is 3.50. The molecule has 0 saturated heterocycles. The summed E-state index contributed by atoms with van der Waals surface area (Å²) in [6.07, 6.45) is -0.305. The zero-order valence-electron chi connectivity index (χ0n) is 9.62. The van der Waals surface area contributed by atoms with Crippen molar-refractivity contribution in [3.05, 3.63) is 30.1 Å². The molecule has 0 heterocycles. The van der Waals surface area contributed by atoms with Crippen molar-refractivity contribution in [1.29, 1.82) is 5.26 Å². The van der Waals surface area contributed by atoms with Gasteiger partial charge in [0.1, 0.15) is 11.4 Å². The minimum atomic E-state index is -0.886. The molecule has 2 unspecified atom stereocenters. The van der Waals surface area contributed by atoms with Gasteiger partial charge in [-0.25, -0.2) is 4.39 Å². The van der Waals surface area contributed by atoms with Gasteiger partial charge in [0, 0.05) is 12.8 Å². The molecule has 1 aromatic rings. The van der Waals surface area contributed by atoms with Gasteiger partial charge in [0.25, 0.3) is 0 Å². The van der Waals surface area contributed by atoms with Crippen LogP contribution in [0.15, 0.2) is 24.3 Å². The standard InChI is InChI=1S/C12H15FN2O/c1-9(16-3)12(2,8-14)15-11-6-4-5-10(13)7-11/h4-7,9,15H,1-3H3. The lowest BCUT2D eigenvalue weighted by atomic mass is 9.97. The topological polar surface area (TPSA) is 45.0 Å². The van der Waals surface area contributed by atoms with Crippen LogP contribution < -0.4 is 5.32 Å². The molecule has 0 bridgehead atoms. The van der Waals surface area contributed by atoms with E-state index in [1.165, 1.54) is 19.2 Å². The fourth-order valence-corrected chi connectivity index (χ4v) is 1.32. The van der Waals surface area contributed by atoms with Crippen molar-refractivity contribution in [2.45, 2.75) is 25.5 Å². The molecule has 1 aromatic carbocycles. The molecule has 3 nitrogen and oxygen atoms in total. The molecule has 0 aliphatic rings.